The molecule has 0 bridgehead atoms. The van der Waals surface area contributed by atoms with Gasteiger partial charge in [-0.1, -0.05) is 32.8 Å². The van der Waals surface area contributed by atoms with Crippen molar-refractivity contribution in [3.8, 4) is 0 Å². The average molecular weight is 289 g/mol. The third kappa shape index (κ3) is 3.65. The van der Waals surface area contributed by atoms with Crippen molar-refractivity contribution in [2.45, 2.75) is 53.0 Å². The van der Waals surface area contributed by atoms with Crippen molar-refractivity contribution in [1.29, 1.82) is 0 Å². The van der Waals surface area contributed by atoms with Crippen LogP contribution in [0.1, 0.15) is 61.0 Å². The van der Waals surface area contributed by atoms with Crippen LogP contribution in [0.3, 0.4) is 0 Å². The van der Waals surface area contributed by atoms with Crippen LogP contribution in [-0.4, -0.2) is 29.1 Å². The second-order valence-electron chi connectivity index (χ2n) is 6.43. The fourth-order valence-corrected chi connectivity index (χ4v) is 3.39. The number of rotatable bonds is 5. The highest BCUT2D eigenvalue weighted by Gasteiger charge is 2.31. The van der Waals surface area contributed by atoms with E-state index in [0.29, 0.717) is 11.0 Å². The van der Waals surface area contributed by atoms with E-state index < -0.39 is 5.97 Å². The van der Waals surface area contributed by atoms with E-state index in [1.54, 1.807) is 12.1 Å². The first-order valence-corrected chi connectivity index (χ1v) is 8.05. The van der Waals surface area contributed by atoms with E-state index in [0.717, 1.165) is 25.2 Å². The Morgan fingerprint density at radius 2 is 1.86 bits per heavy atom. The summed E-state index contributed by atoms with van der Waals surface area (Å²) in [6.07, 6.45) is 5.13. The number of nitrogens with zero attached hydrogens (tertiary/aromatic N) is 1. The minimum absolute atomic E-state index is 0.380. The Labute approximate surface area is 128 Å². The van der Waals surface area contributed by atoms with Gasteiger partial charge in [0.1, 0.15) is 0 Å². The molecule has 1 aliphatic heterocycles. The summed E-state index contributed by atoms with van der Waals surface area (Å²) in [7, 11) is 0. The zero-order chi connectivity index (χ0) is 15.5. The van der Waals surface area contributed by atoms with E-state index in [2.05, 4.69) is 18.7 Å². The van der Waals surface area contributed by atoms with Crippen LogP contribution >= 0.6 is 0 Å². The first-order valence-electron chi connectivity index (χ1n) is 8.05. The van der Waals surface area contributed by atoms with Gasteiger partial charge in [0.15, 0.2) is 0 Å². The van der Waals surface area contributed by atoms with Crippen LogP contribution in [-0.2, 0) is 6.54 Å². The average Bonchev–Trinajstić information content (AvgIpc) is 2.50. The maximum Gasteiger partial charge on any atom is 0.335 e. The standard InChI is InChI=1S/C18H27NO2/c1-4-18(5-2)8-10-19(11-9-18)13-16-7-6-15(17(20)21)12-14(16)3/h6-7,12H,4-5,8-11,13H2,1-3H3,(H,20,21). The van der Waals surface area contributed by atoms with Gasteiger partial charge in [-0.25, -0.2) is 4.79 Å². The molecule has 0 radical (unpaired) electrons. The second-order valence-corrected chi connectivity index (χ2v) is 6.43. The molecule has 1 saturated heterocycles. The zero-order valence-electron chi connectivity index (χ0n) is 13.5. The topological polar surface area (TPSA) is 40.5 Å². The Bertz CT molecular complexity index is 496. The highest BCUT2D eigenvalue weighted by atomic mass is 16.4. The monoisotopic (exact) mass is 289 g/mol. The van der Waals surface area contributed by atoms with Gasteiger partial charge in [0.05, 0.1) is 5.56 Å². The molecule has 0 amide bonds. The Hall–Kier alpha value is -1.35. The van der Waals surface area contributed by atoms with Crippen LogP contribution in [0.25, 0.3) is 0 Å². The maximum atomic E-state index is 11.0. The lowest BCUT2D eigenvalue weighted by Crippen LogP contribution is -2.39. The molecule has 0 atom stereocenters. The molecule has 1 heterocycles. The summed E-state index contributed by atoms with van der Waals surface area (Å²) in [4.78, 5) is 13.5. The minimum atomic E-state index is -0.849. The Morgan fingerprint density at radius 1 is 1.24 bits per heavy atom. The highest BCUT2D eigenvalue weighted by Crippen LogP contribution is 2.38. The molecule has 0 aromatic heterocycles. The molecule has 3 heteroatoms. The number of hydrogen-bond donors (Lipinski definition) is 1. The molecule has 0 spiro atoms. The van der Waals surface area contributed by atoms with Crippen molar-refractivity contribution >= 4 is 5.97 Å². The number of carbonyl (C=O) groups is 1. The van der Waals surface area contributed by atoms with E-state index in [9.17, 15) is 4.79 Å². The van der Waals surface area contributed by atoms with Crippen molar-refractivity contribution in [2.75, 3.05) is 13.1 Å². The van der Waals surface area contributed by atoms with Crippen molar-refractivity contribution in [1.82, 2.24) is 4.90 Å². The number of carboxylic acid groups (broad SMARTS) is 1. The molecule has 1 N–H and O–H groups in total. The third-order valence-corrected chi connectivity index (χ3v) is 5.40. The summed E-state index contributed by atoms with van der Waals surface area (Å²) < 4.78 is 0. The van der Waals surface area contributed by atoms with Gasteiger partial charge in [0.25, 0.3) is 0 Å². The summed E-state index contributed by atoms with van der Waals surface area (Å²) in [5.74, 6) is -0.849. The third-order valence-electron chi connectivity index (χ3n) is 5.40. The Morgan fingerprint density at radius 3 is 2.33 bits per heavy atom. The first-order chi connectivity index (χ1) is 9.99. The van der Waals surface area contributed by atoms with Gasteiger partial charge in [-0.15, -0.1) is 0 Å². The molecule has 0 unspecified atom stereocenters. The number of carboxylic acids is 1. The predicted octanol–water partition coefficient (Wildman–Crippen LogP) is 4.10. The second kappa shape index (κ2) is 6.61. The lowest BCUT2D eigenvalue weighted by molar-refractivity contribution is 0.0696. The van der Waals surface area contributed by atoms with E-state index in [-0.39, 0.29) is 0 Å². The highest BCUT2D eigenvalue weighted by molar-refractivity contribution is 5.87. The molecule has 0 aliphatic carbocycles. The summed E-state index contributed by atoms with van der Waals surface area (Å²) in [5, 5.41) is 9.02. The summed E-state index contributed by atoms with van der Waals surface area (Å²) >= 11 is 0. The van der Waals surface area contributed by atoms with Crippen LogP contribution in [0, 0.1) is 12.3 Å². The Balaban J connectivity index is 1.99. The SMILES string of the molecule is CCC1(CC)CCN(Cc2ccc(C(=O)O)cc2C)CC1. The lowest BCUT2D eigenvalue weighted by atomic mass is 9.74. The van der Waals surface area contributed by atoms with Gasteiger partial charge < -0.3 is 5.11 Å². The molecule has 1 fully saturated rings. The smallest absolute Gasteiger partial charge is 0.335 e. The first kappa shape index (κ1) is 16.0. The Kier molecular flexibility index (Phi) is 5.04. The number of aryl methyl sites for hydroxylation is 1. The fourth-order valence-electron chi connectivity index (χ4n) is 3.39. The number of aromatic carboxylic acids is 1. The molecular formula is C18H27NO2. The molecule has 21 heavy (non-hydrogen) atoms. The van der Waals surface area contributed by atoms with Crippen molar-refractivity contribution < 1.29 is 9.90 Å². The van der Waals surface area contributed by atoms with Crippen molar-refractivity contribution in [3.05, 3.63) is 34.9 Å². The number of benzene rings is 1. The van der Waals surface area contributed by atoms with E-state index in [1.807, 2.05) is 13.0 Å². The van der Waals surface area contributed by atoms with Crippen LogP contribution in [0.4, 0.5) is 0 Å². The normalized spacial score (nSPS) is 18.6. The van der Waals surface area contributed by atoms with Gasteiger partial charge in [-0.2, -0.15) is 0 Å². The van der Waals surface area contributed by atoms with Crippen LogP contribution in [0.15, 0.2) is 18.2 Å². The maximum absolute atomic E-state index is 11.0. The summed E-state index contributed by atoms with van der Waals surface area (Å²) in [6.45, 7) is 9.88. The molecule has 1 aromatic carbocycles. The molecule has 1 aromatic rings. The van der Waals surface area contributed by atoms with Gasteiger partial charge in [-0.3, -0.25) is 4.90 Å². The summed E-state index contributed by atoms with van der Waals surface area (Å²) in [5.41, 5.74) is 3.27. The molecule has 1 aliphatic rings. The fraction of sp³-hybridized carbons (Fsp3) is 0.611. The minimum Gasteiger partial charge on any atom is -0.478 e. The van der Waals surface area contributed by atoms with Gasteiger partial charge in [0.2, 0.25) is 0 Å². The molecule has 116 valence electrons. The van der Waals surface area contributed by atoms with E-state index in [1.165, 1.54) is 31.2 Å². The van der Waals surface area contributed by atoms with E-state index >= 15 is 0 Å². The largest absolute Gasteiger partial charge is 0.478 e. The van der Waals surface area contributed by atoms with Gasteiger partial charge in [-0.05, 0) is 61.5 Å². The molecule has 0 saturated carbocycles. The molecule has 2 rings (SSSR count). The molecular weight excluding hydrogens is 262 g/mol. The van der Waals surface area contributed by atoms with Crippen molar-refractivity contribution in [3.63, 3.8) is 0 Å². The number of likely N-dealkylation sites (tertiary alicyclic amines) is 1. The van der Waals surface area contributed by atoms with Crippen LogP contribution < -0.4 is 0 Å². The van der Waals surface area contributed by atoms with Crippen LogP contribution in [0.2, 0.25) is 0 Å². The predicted molar refractivity (Wildman–Crippen MR) is 85.7 cm³/mol. The van der Waals surface area contributed by atoms with Gasteiger partial charge in [0, 0.05) is 6.54 Å². The zero-order valence-corrected chi connectivity index (χ0v) is 13.5. The quantitative estimate of drug-likeness (QED) is 0.887. The molecule has 3 nitrogen and oxygen atoms in total. The van der Waals surface area contributed by atoms with Crippen LogP contribution in [0.5, 0.6) is 0 Å². The van der Waals surface area contributed by atoms with Crippen molar-refractivity contribution in [2.24, 2.45) is 5.41 Å². The van der Waals surface area contributed by atoms with Gasteiger partial charge >= 0.3 is 5.97 Å². The van der Waals surface area contributed by atoms with E-state index in [4.69, 9.17) is 5.11 Å². The lowest BCUT2D eigenvalue weighted by Gasteiger charge is -2.41. The summed E-state index contributed by atoms with van der Waals surface area (Å²) in [6, 6.07) is 5.47. The number of piperidine rings is 1. The number of hydrogen-bond acceptors (Lipinski definition) is 2.